The minimum absolute atomic E-state index is 0.0937. The number of rotatable bonds is 5. The van der Waals surface area contributed by atoms with E-state index in [1.54, 1.807) is 12.5 Å². The van der Waals surface area contributed by atoms with E-state index in [0.29, 0.717) is 12.2 Å². The Labute approximate surface area is 153 Å². The van der Waals surface area contributed by atoms with Crippen LogP contribution < -0.4 is 5.32 Å². The monoisotopic (exact) mass is 346 g/mol. The number of benzene rings is 2. The summed E-state index contributed by atoms with van der Waals surface area (Å²) in [7, 11) is 0. The van der Waals surface area contributed by atoms with Crippen LogP contribution in [0.15, 0.2) is 67.1 Å². The summed E-state index contributed by atoms with van der Waals surface area (Å²) in [5.41, 5.74) is 4.33. The molecule has 132 valence electrons. The molecule has 0 spiro atoms. The number of nitrogens with one attached hydrogen (secondary N) is 1. The number of imidazole rings is 1. The molecular formula is C21H22N4O. The van der Waals surface area contributed by atoms with Crippen LogP contribution in [0.1, 0.15) is 21.6 Å². The molecule has 3 aromatic rings. The minimum atomic E-state index is -0.0937. The molecule has 5 heteroatoms. The van der Waals surface area contributed by atoms with Crippen molar-refractivity contribution in [2.45, 2.75) is 13.0 Å². The fourth-order valence-corrected chi connectivity index (χ4v) is 3.42. The maximum absolute atomic E-state index is 12.5. The first kappa shape index (κ1) is 16.5. The summed E-state index contributed by atoms with van der Waals surface area (Å²) in [4.78, 5) is 19.1. The number of amides is 1. The van der Waals surface area contributed by atoms with Crippen molar-refractivity contribution in [2.75, 3.05) is 19.6 Å². The number of carbonyl (C=O) groups excluding carboxylic acids is 1. The molecule has 1 aliphatic heterocycles. The molecule has 5 nitrogen and oxygen atoms in total. The average Bonchev–Trinajstić information content (AvgIpc) is 3.18. The second kappa shape index (κ2) is 7.54. The van der Waals surface area contributed by atoms with Gasteiger partial charge in [0.1, 0.15) is 5.69 Å². The Kier molecular flexibility index (Phi) is 4.80. The van der Waals surface area contributed by atoms with Gasteiger partial charge in [-0.05, 0) is 29.7 Å². The van der Waals surface area contributed by atoms with Gasteiger partial charge in [-0.3, -0.25) is 14.3 Å². The number of carbonyl (C=O) groups is 1. The van der Waals surface area contributed by atoms with Gasteiger partial charge in [0.15, 0.2) is 0 Å². The van der Waals surface area contributed by atoms with Crippen LogP contribution in [-0.2, 0) is 13.0 Å². The van der Waals surface area contributed by atoms with E-state index in [2.05, 4.69) is 39.5 Å². The van der Waals surface area contributed by atoms with Gasteiger partial charge in [-0.1, -0.05) is 42.5 Å². The summed E-state index contributed by atoms with van der Waals surface area (Å²) < 4.78 is 1.81. The third-order valence-electron chi connectivity index (χ3n) is 4.83. The highest BCUT2D eigenvalue weighted by atomic mass is 16.1. The first-order chi connectivity index (χ1) is 12.8. The maximum Gasteiger partial charge on any atom is 0.269 e. The average molecular weight is 346 g/mol. The molecule has 1 aliphatic rings. The first-order valence-electron chi connectivity index (χ1n) is 8.96. The molecule has 1 N–H and O–H groups in total. The molecule has 26 heavy (non-hydrogen) atoms. The van der Waals surface area contributed by atoms with E-state index in [9.17, 15) is 4.79 Å². The van der Waals surface area contributed by atoms with Gasteiger partial charge in [-0.2, -0.15) is 0 Å². The van der Waals surface area contributed by atoms with Gasteiger partial charge in [0.05, 0.1) is 12.5 Å². The fourth-order valence-electron chi connectivity index (χ4n) is 3.42. The molecule has 0 saturated carbocycles. The molecule has 0 aliphatic carbocycles. The third-order valence-corrected chi connectivity index (χ3v) is 4.83. The Bertz CT molecular complexity index is 888. The number of fused-ring (bicyclic) bond motifs is 1. The Morgan fingerprint density at radius 2 is 1.81 bits per heavy atom. The highest BCUT2D eigenvalue weighted by molar-refractivity contribution is 5.93. The van der Waals surface area contributed by atoms with Crippen LogP contribution in [-0.4, -0.2) is 40.0 Å². The van der Waals surface area contributed by atoms with Crippen LogP contribution in [0.3, 0.4) is 0 Å². The zero-order valence-electron chi connectivity index (χ0n) is 14.6. The quantitative estimate of drug-likeness (QED) is 0.773. The normalized spacial score (nSPS) is 14.0. The standard InChI is InChI=1S/C21H22N4O/c26-21(20-14-22-16-25(20)19-8-2-1-3-9-19)23-11-13-24-12-10-17-6-4-5-7-18(17)15-24/h1-9,14,16H,10-13,15H2,(H,23,26). The zero-order valence-corrected chi connectivity index (χ0v) is 14.6. The van der Waals surface area contributed by atoms with Gasteiger partial charge >= 0.3 is 0 Å². The SMILES string of the molecule is O=C(NCCN1CCc2ccccc2C1)c1cncn1-c1ccccc1. The largest absolute Gasteiger partial charge is 0.349 e. The van der Waals surface area contributed by atoms with Gasteiger partial charge in [0.25, 0.3) is 5.91 Å². The fraction of sp³-hybridized carbons (Fsp3) is 0.238. The Balaban J connectivity index is 1.34. The summed E-state index contributed by atoms with van der Waals surface area (Å²) in [6.07, 6.45) is 4.36. The Morgan fingerprint density at radius 3 is 2.65 bits per heavy atom. The van der Waals surface area contributed by atoms with Crippen LogP contribution in [0.25, 0.3) is 5.69 Å². The molecule has 0 radical (unpaired) electrons. The van der Waals surface area contributed by atoms with E-state index in [4.69, 9.17) is 0 Å². The zero-order chi connectivity index (χ0) is 17.8. The predicted molar refractivity (Wildman–Crippen MR) is 101 cm³/mol. The number of nitrogens with zero attached hydrogens (tertiary/aromatic N) is 3. The van der Waals surface area contributed by atoms with Crippen molar-refractivity contribution in [1.29, 1.82) is 0 Å². The van der Waals surface area contributed by atoms with Gasteiger partial charge in [0, 0.05) is 31.9 Å². The third kappa shape index (κ3) is 3.53. The van der Waals surface area contributed by atoms with E-state index in [-0.39, 0.29) is 5.91 Å². The second-order valence-electron chi connectivity index (χ2n) is 6.54. The molecule has 1 amide bonds. The van der Waals surface area contributed by atoms with Crippen molar-refractivity contribution in [1.82, 2.24) is 19.8 Å². The number of hydrogen-bond acceptors (Lipinski definition) is 3. The van der Waals surface area contributed by atoms with Crippen LogP contribution in [0, 0.1) is 0 Å². The molecule has 4 rings (SSSR count). The maximum atomic E-state index is 12.5. The predicted octanol–water partition coefficient (Wildman–Crippen LogP) is 2.66. The van der Waals surface area contributed by atoms with Crippen LogP contribution >= 0.6 is 0 Å². The molecule has 0 unspecified atom stereocenters. The van der Waals surface area contributed by atoms with E-state index in [1.807, 2.05) is 34.9 Å². The van der Waals surface area contributed by atoms with Crippen LogP contribution in [0.2, 0.25) is 0 Å². The lowest BCUT2D eigenvalue weighted by atomic mass is 10.00. The summed E-state index contributed by atoms with van der Waals surface area (Å²) in [6, 6.07) is 18.4. The number of aromatic nitrogens is 2. The second-order valence-corrected chi connectivity index (χ2v) is 6.54. The molecule has 1 aromatic heterocycles. The highest BCUT2D eigenvalue weighted by Crippen LogP contribution is 2.17. The highest BCUT2D eigenvalue weighted by Gasteiger charge is 2.16. The van der Waals surface area contributed by atoms with Gasteiger partial charge in [-0.15, -0.1) is 0 Å². The smallest absolute Gasteiger partial charge is 0.269 e. The molecule has 2 heterocycles. The van der Waals surface area contributed by atoms with Crippen LogP contribution in [0.5, 0.6) is 0 Å². The summed E-state index contributed by atoms with van der Waals surface area (Å²) >= 11 is 0. The lowest BCUT2D eigenvalue weighted by molar-refractivity contribution is 0.0940. The Hall–Kier alpha value is -2.92. The molecule has 2 aromatic carbocycles. The van der Waals surface area contributed by atoms with Gasteiger partial charge < -0.3 is 5.32 Å². The van der Waals surface area contributed by atoms with E-state index in [1.165, 1.54) is 11.1 Å². The number of hydrogen-bond donors (Lipinski definition) is 1. The Morgan fingerprint density at radius 1 is 1.04 bits per heavy atom. The van der Waals surface area contributed by atoms with E-state index in [0.717, 1.165) is 31.7 Å². The molecule has 0 fully saturated rings. The van der Waals surface area contributed by atoms with Crippen LogP contribution in [0.4, 0.5) is 0 Å². The van der Waals surface area contributed by atoms with Crippen molar-refractivity contribution in [3.8, 4) is 5.69 Å². The minimum Gasteiger partial charge on any atom is -0.349 e. The van der Waals surface area contributed by atoms with Crippen molar-refractivity contribution in [3.63, 3.8) is 0 Å². The van der Waals surface area contributed by atoms with Crippen molar-refractivity contribution >= 4 is 5.91 Å². The lowest BCUT2D eigenvalue weighted by Gasteiger charge is -2.28. The molecule has 0 saturated heterocycles. The summed E-state index contributed by atoms with van der Waals surface area (Å²) in [6.45, 7) is 3.46. The summed E-state index contributed by atoms with van der Waals surface area (Å²) in [5.74, 6) is -0.0937. The van der Waals surface area contributed by atoms with Gasteiger partial charge in [0.2, 0.25) is 0 Å². The number of para-hydroxylation sites is 1. The lowest BCUT2D eigenvalue weighted by Crippen LogP contribution is -2.38. The van der Waals surface area contributed by atoms with Crippen molar-refractivity contribution < 1.29 is 4.79 Å². The van der Waals surface area contributed by atoms with E-state index < -0.39 is 0 Å². The topological polar surface area (TPSA) is 50.2 Å². The van der Waals surface area contributed by atoms with E-state index >= 15 is 0 Å². The molecule has 0 atom stereocenters. The van der Waals surface area contributed by atoms with Crippen molar-refractivity contribution in [3.05, 3.63) is 83.9 Å². The van der Waals surface area contributed by atoms with Gasteiger partial charge in [-0.25, -0.2) is 4.98 Å². The first-order valence-corrected chi connectivity index (χ1v) is 8.96. The molecular weight excluding hydrogens is 324 g/mol. The molecule has 0 bridgehead atoms. The summed E-state index contributed by atoms with van der Waals surface area (Å²) in [5, 5.41) is 3.03. The van der Waals surface area contributed by atoms with Crippen molar-refractivity contribution in [2.24, 2.45) is 0 Å².